The zero-order chi connectivity index (χ0) is 20.0. The second-order valence-corrected chi connectivity index (χ2v) is 9.74. The second-order valence-electron chi connectivity index (χ2n) is 7.02. The lowest BCUT2D eigenvalue weighted by atomic mass is 10.1. The van der Waals surface area contributed by atoms with Gasteiger partial charge in [-0.3, -0.25) is 4.99 Å². The molecule has 1 atom stereocenters. The van der Waals surface area contributed by atoms with E-state index < -0.39 is 10.0 Å². The van der Waals surface area contributed by atoms with Crippen LogP contribution in [0.15, 0.2) is 51.0 Å². The van der Waals surface area contributed by atoms with Crippen LogP contribution in [-0.4, -0.2) is 45.4 Å². The number of halogens is 1. The van der Waals surface area contributed by atoms with Crippen LogP contribution in [0.4, 0.5) is 0 Å². The molecule has 0 spiro atoms. The zero-order valence-corrected chi connectivity index (χ0v) is 20.8. The molecule has 0 radical (unpaired) electrons. The van der Waals surface area contributed by atoms with Gasteiger partial charge >= 0.3 is 0 Å². The highest BCUT2D eigenvalue weighted by Gasteiger charge is 2.26. The maximum atomic E-state index is 12.6. The summed E-state index contributed by atoms with van der Waals surface area (Å²) in [6, 6.07) is 9.25. The van der Waals surface area contributed by atoms with Gasteiger partial charge in [-0.05, 0) is 58.8 Å². The Kier molecular flexibility index (Phi) is 9.38. The van der Waals surface area contributed by atoms with Crippen LogP contribution >= 0.6 is 35.3 Å². The Morgan fingerprint density at radius 2 is 1.86 bits per heavy atom. The van der Waals surface area contributed by atoms with Crippen molar-refractivity contribution in [3.8, 4) is 0 Å². The normalized spacial score (nSPS) is 16.3. The molecule has 29 heavy (non-hydrogen) atoms. The van der Waals surface area contributed by atoms with Gasteiger partial charge in [-0.15, -0.1) is 24.0 Å². The first-order chi connectivity index (χ1) is 13.5. The van der Waals surface area contributed by atoms with E-state index in [0.29, 0.717) is 30.4 Å². The van der Waals surface area contributed by atoms with Gasteiger partial charge in [0, 0.05) is 33.2 Å². The quantitative estimate of drug-likeness (QED) is 0.315. The average Bonchev–Trinajstić information content (AvgIpc) is 3.42. The van der Waals surface area contributed by atoms with Gasteiger partial charge in [0.25, 0.3) is 0 Å². The van der Waals surface area contributed by atoms with Gasteiger partial charge in [-0.25, -0.2) is 8.42 Å². The topological polar surface area (TPSA) is 73.8 Å². The highest BCUT2D eigenvalue weighted by molar-refractivity contribution is 14.0. The van der Waals surface area contributed by atoms with Crippen molar-refractivity contribution in [2.45, 2.75) is 37.1 Å². The number of nitrogens with one attached hydrogen (secondary N) is 2. The number of sulfonamides is 1. The van der Waals surface area contributed by atoms with Crippen LogP contribution in [0, 0.1) is 0 Å². The lowest BCUT2D eigenvalue weighted by Gasteiger charge is -2.17. The Labute approximate surface area is 194 Å². The molecule has 0 aliphatic carbocycles. The van der Waals surface area contributed by atoms with E-state index in [4.69, 9.17) is 0 Å². The minimum absolute atomic E-state index is 0. The SMILES string of the molecule is CN=C(NCc1ccc(S(=O)(=O)N2CCCC2)cc1)NCC(C)c1ccsc1.I. The lowest BCUT2D eigenvalue weighted by Crippen LogP contribution is -2.38. The number of thiophene rings is 1. The van der Waals surface area contributed by atoms with Gasteiger partial charge in [0.05, 0.1) is 4.90 Å². The van der Waals surface area contributed by atoms with Crippen LogP contribution in [-0.2, 0) is 16.6 Å². The largest absolute Gasteiger partial charge is 0.356 e. The number of hydrogen-bond acceptors (Lipinski definition) is 4. The molecule has 6 nitrogen and oxygen atoms in total. The number of rotatable bonds is 7. The fourth-order valence-electron chi connectivity index (χ4n) is 3.19. The summed E-state index contributed by atoms with van der Waals surface area (Å²) in [4.78, 5) is 4.63. The third kappa shape index (κ3) is 6.40. The maximum Gasteiger partial charge on any atom is 0.243 e. The van der Waals surface area contributed by atoms with Crippen molar-refractivity contribution in [2.24, 2.45) is 4.99 Å². The van der Waals surface area contributed by atoms with Crippen molar-refractivity contribution in [1.82, 2.24) is 14.9 Å². The van der Waals surface area contributed by atoms with E-state index in [1.54, 1.807) is 34.8 Å². The van der Waals surface area contributed by atoms with Crippen molar-refractivity contribution in [1.29, 1.82) is 0 Å². The summed E-state index contributed by atoms with van der Waals surface area (Å²) in [5.74, 6) is 1.13. The summed E-state index contributed by atoms with van der Waals surface area (Å²) in [6.07, 6.45) is 1.89. The molecule has 1 fully saturated rings. The van der Waals surface area contributed by atoms with Crippen LogP contribution in [0.1, 0.15) is 36.8 Å². The Balaban J connectivity index is 0.00000300. The van der Waals surface area contributed by atoms with E-state index in [-0.39, 0.29) is 24.0 Å². The molecule has 1 aromatic heterocycles. The maximum absolute atomic E-state index is 12.6. The first kappa shape index (κ1) is 24.1. The molecule has 2 heterocycles. The molecule has 9 heteroatoms. The molecule has 0 amide bonds. The van der Waals surface area contributed by atoms with Crippen molar-refractivity contribution >= 4 is 51.3 Å². The van der Waals surface area contributed by atoms with Crippen molar-refractivity contribution in [3.05, 3.63) is 52.2 Å². The summed E-state index contributed by atoms with van der Waals surface area (Å²) in [7, 11) is -1.61. The monoisotopic (exact) mass is 548 g/mol. The Bertz CT molecular complexity index is 878. The van der Waals surface area contributed by atoms with Crippen LogP contribution < -0.4 is 10.6 Å². The standard InChI is InChI=1S/C20H28N4O2S2.HI/c1-16(18-9-12-27-15-18)13-22-20(21-2)23-14-17-5-7-19(8-6-17)28(25,26)24-10-3-4-11-24;/h5-9,12,15-16H,3-4,10-11,13-14H2,1-2H3,(H2,21,22,23);1H. The summed E-state index contributed by atoms with van der Waals surface area (Å²) in [5, 5.41) is 10.9. The van der Waals surface area contributed by atoms with E-state index in [9.17, 15) is 8.42 Å². The fourth-order valence-corrected chi connectivity index (χ4v) is 5.49. The predicted octanol–water partition coefficient (Wildman–Crippen LogP) is 3.62. The summed E-state index contributed by atoms with van der Waals surface area (Å²) in [5.41, 5.74) is 2.33. The molecule has 1 unspecified atom stereocenters. The summed E-state index contributed by atoms with van der Waals surface area (Å²) in [6.45, 7) is 4.80. The molecule has 1 aliphatic heterocycles. The van der Waals surface area contributed by atoms with E-state index in [2.05, 4.69) is 39.4 Å². The lowest BCUT2D eigenvalue weighted by molar-refractivity contribution is 0.477. The van der Waals surface area contributed by atoms with Gasteiger partial charge in [-0.1, -0.05) is 19.1 Å². The number of guanidine groups is 1. The van der Waals surface area contributed by atoms with E-state index in [0.717, 1.165) is 30.9 Å². The predicted molar refractivity (Wildman–Crippen MR) is 131 cm³/mol. The second kappa shape index (κ2) is 11.3. The molecule has 0 bridgehead atoms. The third-order valence-corrected chi connectivity index (χ3v) is 7.61. The Morgan fingerprint density at radius 3 is 2.45 bits per heavy atom. The van der Waals surface area contributed by atoms with Crippen molar-refractivity contribution in [2.75, 3.05) is 26.7 Å². The molecule has 3 rings (SSSR count). The van der Waals surface area contributed by atoms with Crippen molar-refractivity contribution in [3.63, 3.8) is 0 Å². The molecule has 2 aromatic rings. The summed E-state index contributed by atoms with van der Waals surface area (Å²) < 4.78 is 26.7. The van der Waals surface area contributed by atoms with Gasteiger partial charge in [0.15, 0.2) is 5.96 Å². The third-order valence-electron chi connectivity index (χ3n) is 5.00. The van der Waals surface area contributed by atoms with Crippen LogP contribution in [0.5, 0.6) is 0 Å². The molecule has 0 saturated carbocycles. The van der Waals surface area contributed by atoms with Gasteiger partial charge < -0.3 is 10.6 Å². The highest BCUT2D eigenvalue weighted by atomic mass is 127. The Morgan fingerprint density at radius 1 is 1.17 bits per heavy atom. The molecule has 1 aromatic carbocycles. The minimum atomic E-state index is -3.35. The zero-order valence-electron chi connectivity index (χ0n) is 16.8. The smallest absolute Gasteiger partial charge is 0.243 e. The van der Waals surface area contributed by atoms with E-state index >= 15 is 0 Å². The molecule has 160 valence electrons. The molecular weight excluding hydrogens is 519 g/mol. The van der Waals surface area contributed by atoms with Gasteiger partial charge in [0.2, 0.25) is 10.0 Å². The Hall–Kier alpha value is -1.17. The van der Waals surface area contributed by atoms with Gasteiger partial charge in [-0.2, -0.15) is 15.6 Å². The van der Waals surface area contributed by atoms with E-state index in [1.165, 1.54) is 5.56 Å². The highest BCUT2D eigenvalue weighted by Crippen LogP contribution is 2.21. The van der Waals surface area contributed by atoms with Crippen LogP contribution in [0.25, 0.3) is 0 Å². The first-order valence-corrected chi connectivity index (χ1v) is 11.9. The number of nitrogens with zero attached hydrogens (tertiary/aromatic N) is 2. The molecule has 1 saturated heterocycles. The van der Waals surface area contributed by atoms with Gasteiger partial charge in [0.1, 0.15) is 0 Å². The number of benzene rings is 1. The van der Waals surface area contributed by atoms with Crippen LogP contribution in [0.3, 0.4) is 0 Å². The summed E-state index contributed by atoms with van der Waals surface area (Å²) >= 11 is 1.71. The fraction of sp³-hybridized carbons (Fsp3) is 0.450. The van der Waals surface area contributed by atoms with E-state index in [1.807, 2.05) is 12.1 Å². The van der Waals surface area contributed by atoms with Crippen molar-refractivity contribution < 1.29 is 8.42 Å². The number of hydrogen-bond donors (Lipinski definition) is 2. The number of aliphatic imine (C=N–C) groups is 1. The average molecular weight is 549 g/mol. The minimum Gasteiger partial charge on any atom is -0.356 e. The molecular formula is C20H29IN4O2S2. The van der Waals surface area contributed by atoms with Crippen LogP contribution in [0.2, 0.25) is 0 Å². The first-order valence-electron chi connectivity index (χ1n) is 9.56. The molecule has 2 N–H and O–H groups in total. The molecule has 1 aliphatic rings.